The molecule has 0 spiro atoms. The zero-order chi connectivity index (χ0) is 81.9. The molecule has 12 rings (SSSR count). The number of sulfone groups is 3. The van der Waals surface area contributed by atoms with E-state index < -0.39 is 80.8 Å². The highest BCUT2D eigenvalue weighted by atomic mass is 35.5. The first-order valence-electron chi connectivity index (χ1n) is 35.0. The summed E-state index contributed by atoms with van der Waals surface area (Å²) in [6.07, 6.45) is 15.4. The zero-order valence-electron chi connectivity index (χ0n) is 63.8. The van der Waals surface area contributed by atoms with Gasteiger partial charge in [0.25, 0.3) is 0 Å². The van der Waals surface area contributed by atoms with Crippen LogP contribution in [0, 0.1) is 0 Å². The summed E-state index contributed by atoms with van der Waals surface area (Å²) in [6.45, 7) is 10.8. The van der Waals surface area contributed by atoms with Gasteiger partial charge in [0.2, 0.25) is 0 Å². The van der Waals surface area contributed by atoms with E-state index in [1.165, 1.54) is 79.8 Å². The van der Waals surface area contributed by atoms with Gasteiger partial charge >= 0.3 is 0 Å². The standard InChI is InChI=1S/3C25H27ClN6O5S/c3*1-5-37-23(24-28-13-18(26)14-29-24)16(2)38(33,34)15-21-30-31-25(17-8-7-11-27-12-17)32(21)22-19(35-3)9-6-10-20(22)36-4/h3*6-14,16,23H,5,15H2,1-4H3/t2*16-,23+;16-,23-/m101/s1. The smallest absolute Gasteiger partial charge is 0.170 e. The van der Waals surface area contributed by atoms with Crippen molar-refractivity contribution in [1.82, 2.24) is 89.1 Å². The van der Waals surface area contributed by atoms with Crippen LogP contribution in [-0.4, -0.2) is 193 Å². The van der Waals surface area contributed by atoms with E-state index in [0.29, 0.717) is 101 Å². The number of pyridine rings is 3. The highest BCUT2D eigenvalue weighted by molar-refractivity contribution is 7.91. The number of aromatic nitrogens is 18. The van der Waals surface area contributed by atoms with Gasteiger partial charge in [0.05, 0.1) is 73.5 Å². The summed E-state index contributed by atoms with van der Waals surface area (Å²) in [4.78, 5) is 37.6. The Hall–Kier alpha value is -10.8. The average Bonchev–Trinajstić information content (AvgIpc) is 1.56. The quantitative estimate of drug-likeness (QED) is 0.0369. The van der Waals surface area contributed by atoms with E-state index in [2.05, 4.69) is 75.4 Å². The van der Waals surface area contributed by atoms with Crippen LogP contribution in [0.4, 0.5) is 0 Å². The van der Waals surface area contributed by atoms with Crippen molar-refractivity contribution in [2.45, 2.75) is 92.9 Å². The van der Waals surface area contributed by atoms with E-state index in [0.717, 1.165) is 0 Å². The SMILES string of the molecule is CCO[C@@H](c1ncc(Cl)cn1)[C@@H](C)S(=O)(=O)Cc1nnc(-c2cccnc2)n1-c1c(OC)cccc1OC.CCO[C@@H](c1ncc(Cl)cn1)[C@H](C)S(=O)(=O)Cc1nnc(-c2cccnc2)n1-c1c(OC)cccc1OC.CCO[C@H](c1ncc(Cl)cn1)[C@@H](C)S(=O)(=O)Cc1nnc(-c2cccnc2)n1-c1c(OC)cccc1OC. The van der Waals surface area contributed by atoms with E-state index in [4.69, 9.17) is 77.4 Å². The Morgan fingerprint density at radius 2 is 0.561 bits per heavy atom. The number of ether oxygens (including phenoxy) is 9. The van der Waals surface area contributed by atoms with Gasteiger partial charge in [0.1, 0.15) is 87.1 Å². The fraction of sp³-hybridized carbons (Fsp3) is 0.320. The van der Waals surface area contributed by atoms with Crippen molar-refractivity contribution in [3.05, 3.63) is 215 Å². The number of hydrogen-bond acceptors (Lipinski definition) is 30. The molecule has 0 saturated heterocycles. The molecule has 0 saturated carbocycles. The minimum absolute atomic E-state index is 0.158. The van der Waals surface area contributed by atoms with Gasteiger partial charge in [-0.15, -0.1) is 30.6 Å². The first kappa shape index (κ1) is 85.6. The van der Waals surface area contributed by atoms with Gasteiger partial charge < -0.3 is 42.6 Å². The van der Waals surface area contributed by atoms with Gasteiger partial charge in [0.15, 0.2) is 81.9 Å². The minimum atomic E-state index is -3.89. The van der Waals surface area contributed by atoms with Crippen molar-refractivity contribution >= 4 is 64.3 Å². The molecule has 39 heteroatoms. The lowest BCUT2D eigenvalue weighted by atomic mass is 10.2. The molecule has 0 aliphatic heterocycles. The first-order valence-corrected chi connectivity index (χ1v) is 41.3. The van der Waals surface area contributed by atoms with Crippen LogP contribution < -0.4 is 28.4 Å². The minimum Gasteiger partial charge on any atom is -0.494 e. The maximum Gasteiger partial charge on any atom is 0.170 e. The number of methoxy groups -OCH3 is 6. The average molecular weight is 1680 g/mol. The van der Waals surface area contributed by atoms with Crippen molar-refractivity contribution in [2.75, 3.05) is 62.5 Å². The number of halogens is 3. The van der Waals surface area contributed by atoms with E-state index in [1.54, 1.807) is 183 Å². The molecule has 0 N–H and O–H groups in total. The van der Waals surface area contributed by atoms with E-state index >= 15 is 0 Å². The number of nitrogens with zero attached hydrogens (tertiary/aromatic N) is 18. The highest BCUT2D eigenvalue weighted by Crippen LogP contribution is 2.42. The number of para-hydroxylation sites is 3. The van der Waals surface area contributed by atoms with Crippen molar-refractivity contribution in [3.8, 4) is 85.7 Å². The molecular formula is C75H81Cl3N18O15S3. The summed E-state index contributed by atoms with van der Waals surface area (Å²) in [5, 5.41) is 23.8. The van der Waals surface area contributed by atoms with Crippen LogP contribution in [-0.2, 0) is 61.0 Å². The highest BCUT2D eigenvalue weighted by Gasteiger charge is 2.40. The normalized spacial score (nSPS) is 13.2. The molecule has 0 fully saturated rings. The maximum absolute atomic E-state index is 13.8. The molecule has 9 heterocycles. The molecule has 12 aromatic rings. The topological polar surface area (TPSA) is 394 Å². The van der Waals surface area contributed by atoms with Gasteiger partial charge in [-0.05, 0) is 114 Å². The Labute approximate surface area is 673 Å². The van der Waals surface area contributed by atoms with Crippen molar-refractivity contribution in [3.63, 3.8) is 0 Å². The maximum atomic E-state index is 13.8. The second-order valence-corrected chi connectivity index (χ2v) is 32.9. The molecule has 3 aromatic carbocycles. The lowest BCUT2D eigenvalue weighted by Crippen LogP contribution is -2.30. The van der Waals surface area contributed by atoms with Gasteiger partial charge in [0, 0.05) is 111 Å². The van der Waals surface area contributed by atoms with Gasteiger partial charge in [-0.1, -0.05) is 53.0 Å². The summed E-state index contributed by atoms with van der Waals surface area (Å²) < 4.78 is 138. The van der Waals surface area contributed by atoms with Crippen molar-refractivity contribution in [1.29, 1.82) is 0 Å². The predicted molar refractivity (Wildman–Crippen MR) is 424 cm³/mol. The van der Waals surface area contributed by atoms with Crippen LogP contribution in [0.1, 0.15) is 94.8 Å². The Bertz CT molecular complexity index is 4920. The van der Waals surface area contributed by atoms with Gasteiger partial charge in [-0.2, -0.15) is 0 Å². The predicted octanol–water partition coefficient (Wildman–Crippen LogP) is 11.6. The molecular weight excluding hydrogens is 1600 g/mol. The lowest BCUT2D eigenvalue weighted by molar-refractivity contribution is 0.0555. The summed E-state index contributed by atoms with van der Waals surface area (Å²) in [5.74, 6) is 3.57. The molecule has 0 aliphatic rings. The van der Waals surface area contributed by atoms with Crippen LogP contribution in [0.25, 0.3) is 51.2 Å². The molecule has 600 valence electrons. The summed E-state index contributed by atoms with van der Waals surface area (Å²) in [5.41, 5.74) is 3.27. The van der Waals surface area contributed by atoms with Gasteiger partial charge in [-0.3, -0.25) is 28.7 Å². The fourth-order valence-corrected chi connectivity index (χ4v) is 16.3. The Morgan fingerprint density at radius 3 is 0.754 bits per heavy atom. The third kappa shape index (κ3) is 19.8. The Kier molecular flexibility index (Phi) is 29.5. The van der Waals surface area contributed by atoms with E-state index in [9.17, 15) is 25.3 Å². The molecule has 0 amide bonds. The third-order valence-electron chi connectivity index (χ3n) is 17.5. The van der Waals surface area contributed by atoms with E-state index in [1.807, 2.05) is 0 Å². The Morgan fingerprint density at radius 1 is 0.333 bits per heavy atom. The summed E-state index contributed by atoms with van der Waals surface area (Å²) in [7, 11) is -2.57. The second-order valence-electron chi connectivity index (χ2n) is 24.5. The van der Waals surface area contributed by atoms with Crippen LogP contribution >= 0.6 is 34.8 Å². The molecule has 0 unspecified atom stereocenters. The van der Waals surface area contributed by atoms with E-state index in [-0.39, 0.29) is 54.8 Å². The molecule has 33 nitrogen and oxygen atoms in total. The molecule has 9 aromatic heterocycles. The molecule has 0 bridgehead atoms. The summed E-state index contributed by atoms with van der Waals surface area (Å²) in [6, 6.07) is 26.5. The number of benzene rings is 3. The lowest BCUT2D eigenvalue weighted by Gasteiger charge is -2.23. The number of rotatable bonds is 33. The number of hydrogen-bond donors (Lipinski definition) is 0. The fourth-order valence-electron chi connectivity index (χ4n) is 11.8. The van der Waals surface area contributed by atoms with Gasteiger partial charge in [-0.25, -0.2) is 55.2 Å². The molecule has 6 atom stereocenters. The summed E-state index contributed by atoms with van der Waals surface area (Å²) >= 11 is 17.8. The zero-order valence-corrected chi connectivity index (χ0v) is 68.5. The third-order valence-corrected chi connectivity index (χ3v) is 24.2. The Balaban J connectivity index is 0.000000181. The van der Waals surface area contributed by atoms with Crippen LogP contribution in [0.15, 0.2) is 165 Å². The molecule has 0 radical (unpaired) electrons. The van der Waals surface area contributed by atoms with Crippen LogP contribution in [0.2, 0.25) is 15.1 Å². The first-order chi connectivity index (χ1) is 54.9. The molecule has 0 aliphatic carbocycles. The largest absolute Gasteiger partial charge is 0.494 e. The second kappa shape index (κ2) is 39.3. The van der Waals surface area contributed by atoms with Crippen LogP contribution in [0.5, 0.6) is 34.5 Å². The monoisotopic (exact) mass is 1670 g/mol. The molecule has 114 heavy (non-hydrogen) atoms. The van der Waals surface area contributed by atoms with Crippen molar-refractivity contribution in [2.24, 2.45) is 0 Å². The van der Waals surface area contributed by atoms with Crippen LogP contribution in [0.3, 0.4) is 0 Å². The van der Waals surface area contributed by atoms with Crippen molar-refractivity contribution < 1.29 is 67.9 Å².